The molecule has 0 fully saturated rings. The van der Waals surface area contributed by atoms with Crippen molar-refractivity contribution >= 4 is 11.9 Å². The summed E-state index contributed by atoms with van der Waals surface area (Å²) in [7, 11) is 0. The second-order valence-corrected chi connectivity index (χ2v) is 4.29. The molecule has 0 bridgehead atoms. The van der Waals surface area contributed by atoms with Crippen LogP contribution in [0.3, 0.4) is 0 Å². The van der Waals surface area contributed by atoms with E-state index in [1.807, 2.05) is 0 Å². The van der Waals surface area contributed by atoms with E-state index in [1.54, 1.807) is 0 Å². The van der Waals surface area contributed by atoms with E-state index >= 15 is 0 Å². The Bertz CT molecular complexity index is 284. The van der Waals surface area contributed by atoms with Crippen LogP contribution in [0.4, 0.5) is 0 Å². The summed E-state index contributed by atoms with van der Waals surface area (Å²) in [5.74, 6) is -0.894. The molecule has 0 spiro atoms. The number of amides is 1. The van der Waals surface area contributed by atoms with Gasteiger partial charge in [-0.05, 0) is 19.3 Å². The number of hydrogen-bond donors (Lipinski definition) is 2. The molecule has 0 rings (SSSR count). The van der Waals surface area contributed by atoms with Gasteiger partial charge in [-0.3, -0.25) is 4.79 Å². The Balaban J connectivity index is 4.08. The Morgan fingerprint density at radius 2 is 2.00 bits per heavy atom. The Morgan fingerprint density at radius 1 is 1.35 bits per heavy atom. The third kappa shape index (κ3) is 7.55. The summed E-state index contributed by atoms with van der Waals surface area (Å²) >= 11 is 0. The molecule has 4 heteroatoms. The topological polar surface area (TPSA) is 66.4 Å². The summed E-state index contributed by atoms with van der Waals surface area (Å²) in [6.45, 7) is 6.38. The minimum atomic E-state index is -1.09. The van der Waals surface area contributed by atoms with Crippen LogP contribution in [0.1, 0.15) is 46.5 Å². The van der Waals surface area contributed by atoms with E-state index in [4.69, 9.17) is 5.11 Å². The molecule has 4 nitrogen and oxygen atoms in total. The number of carbonyl (C=O) groups is 2. The molecule has 0 aromatic rings. The quantitative estimate of drug-likeness (QED) is 0.641. The number of carbonyl (C=O) groups excluding carboxylic acids is 1. The van der Waals surface area contributed by atoms with Gasteiger partial charge in [-0.25, -0.2) is 4.79 Å². The monoisotopic (exact) mass is 241 g/mol. The minimum absolute atomic E-state index is 0.239. The number of carboxylic acid groups (broad SMARTS) is 1. The number of hydrogen-bond acceptors (Lipinski definition) is 2. The van der Waals surface area contributed by atoms with Crippen LogP contribution in [-0.4, -0.2) is 23.5 Å². The molecule has 0 heterocycles. The zero-order valence-electron chi connectivity index (χ0n) is 11.0. The van der Waals surface area contributed by atoms with Gasteiger partial charge in [0.1, 0.15) is 0 Å². The van der Waals surface area contributed by atoms with Crippen LogP contribution in [0.25, 0.3) is 0 Å². The van der Waals surface area contributed by atoms with Crippen LogP contribution in [-0.2, 0) is 9.59 Å². The predicted octanol–water partition coefficient (Wildman–Crippen LogP) is 2.35. The van der Waals surface area contributed by atoms with Gasteiger partial charge < -0.3 is 10.4 Å². The summed E-state index contributed by atoms with van der Waals surface area (Å²) in [6, 6.07) is 0. The lowest BCUT2D eigenvalue weighted by Gasteiger charge is -2.15. The summed E-state index contributed by atoms with van der Waals surface area (Å²) in [5, 5.41) is 11.3. The van der Waals surface area contributed by atoms with Crippen LogP contribution >= 0.6 is 0 Å². The third-order valence-corrected chi connectivity index (χ3v) is 2.79. The summed E-state index contributed by atoms with van der Waals surface area (Å²) in [6.07, 6.45) is 5.39. The first kappa shape index (κ1) is 15.7. The fourth-order valence-electron chi connectivity index (χ4n) is 1.57. The normalized spacial score (nSPS) is 13.2. The van der Waals surface area contributed by atoms with E-state index in [9.17, 15) is 9.59 Å². The van der Waals surface area contributed by atoms with Gasteiger partial charge in [-0.1, -0.05) is 33.1 Å². The van der Waals surface area contributed by atoms with Gasteiger partial charge >= 0.3 is 5.97 Å². The average Bonchev–Trinajstić information content (AvgIpc) is 2.28. The van der Waals surface area contributed by atoms with Crippen LogP contribution in [0, 0.1) is 5.92 Å². The molecular formula is C13H23NO3. The molecule has 1 amide bonds. The van der Waals surface area contributed by atoms with Crippen molar-refractivity contribution in [1.29, 1.82) is 0 Å². The molecule has 1 unspecified atom stereocenters. The van der Waals surface area contributed by atoms with Gasteiger partial charge in [0.2, 0.25) is 5.91 Å². The highest BCUT2D eigenvalue weighted by Gasteiger charge is 2.10. The van der Waals surface area contributed by atoms with E-state index in [2.05, 4.69) is 19.2 Å². The van der Waals surface area contributed by atoms with Crippen molar-refractivity contribution in [3.05, 3.63) is 11.6 Å². The van der Waals surface area contributed by atoms with Crippen molar-refractivity contribution in [3.63, 3.8) is 0 Å². The zero-order valence-corrected chi connectivity index (χ0v) is 11.0. The summed E-state index contributed by atoms with van der Waals surface area (Å²) in [5.41, 5.74) is 0.239. The molecule has 0 aliphatic rings. The molecule has 0 aromatic heterocycles. The number of aliphatic carboxylic acids is 1. The first-order valence-electron chi connectivity index (χ1n) is 6.20. The summed E-state index contributed by atoms with van der Waals surface area (Å²) < 4.78 is 0. The smallest absolute Gasteiger partial charge is 0.328 e. The molecule has 0 aliphatic carbocycles. The van der Waals surface area contributed by atoms with Gasteiger partial charge in [0.05, 0.1) is 0 Å². The van der Waals surface area contributed by atoms with Gasteiger partial charge in [0, 0.05) is 18.2 Å². The Kier molecular flexibility index (Phi) is 8.11. The van der Waals surface area contributed by atoms with Crippen molar-refractivity contribution in [1.82, 2.24) is 5.32 Å². The van der Waals surface area contributed by atoms with Crippen LogP contribution < -0.4 is 5.32 Å². The number of nitrogens with one attached hydrogen (secondary N) is 1. The molecule has 2 N–H and O–H groups in total. The second-order valence-electron chi connectivity index (χ2n) is 4.29. The Labute approximate surface area is 103 Å². The highest BCUT2D eigenvalue weighted by molar-refractivity contribution is 5.98. The standard InChI is InChI=1S/C13H23NO3/c1-4-6-7-11(5-2)9-14-13(17)10(3)8-12(15)16/h8,11H,4-7,9H2,1-3H3,(H,14,17)(H,15,16). The molecule has 1 atom stereocenters. The molecule has 0 saturated carbocycles. The van der Waals surface area contributed by atoms with Crippen molar-refractivity contribution in [2.75, 3.05) is 6.54 Å². The van der Waals surface area contributed by atoms with Gasteiger partial charge in [0.25, 0.3) is 0 Å². The van der Waals surface area contributed by atoms with E-state index in [-0.39, 0.29) is 11.5 Å². The number of carboxylic acids is 1. The fraction of sp³-hybridized carbons (Fsp3) is 0.692. The maximum Gasteiger partial charge on any atom is 0.328 e. The molecular weight excluding hydrogens is 218 g/mol. The lowest BCUT2D eigenvalue weighted by molar-refractivity contribution is -0.131. The SMILES string of the molecule is CCCCC(CC)CNC(=O)C(C)=CC(=O)O. The van der Waals surface area contributed by atoms with Gasteiger partial charge in [0.15, 0.2) is 0 Å². The van der Waals surface area contributed by atoms with E-state index < -0.39 is 5.97 Å². The lowest BCUT2D eigenvalue weighted by atomic mass is 9.99. The van der Waals surface area contributed by atoms with Crippen molar-refractivity contribution in [2.45, 2.75) is 46.5 Å². The van der Waals surface area contributed by atoms with E-state index in [1.165, 1.54) is 13.3 Å². The number of rotatable bonds is 8. The maximum absolute atomic E-state index is 11.5. The molecule has 17 heavy (non-hydrogen) atoms. The predicted molar refractivity (Wildman–Crippen MR) is 67.7 cm³/mol. The third-order valence-electron chi connectivity index (χ3n) is 2.79. The maximum atomic E-state index is 11.5. The molecule has 98 valence electrons. The van der Waals surface area contributed by atoms with Crippen LogP contribution in [0.15, 0.2) is 11.6 Å². The first-order chi connectivity index (χ1) is 8.01. The lowest BCUT2D eigenvalue weighted by Crippen LogP contribution is -2.30. The molecule has 0 saturated heterocycles. The average molecular weight is 241 g/mol. The Morgan fingerprint density at radius 3 is 2.47 bits per heavy atom. The minimum Gasteiger partial charge on any atom is -0.478 e. The highest BCUT2D eigenvalue weighted by atomic mass is 16.4. The number of unbranched alkanes of at least 4 members (excludes halogenated alkanes) is 1. The van der Waals surface area contributed by atoms with Gasteiger partial charge in [-0.2, -0.15) is 0 Å². The first-order valence-corrected chi connectivity index (χ1v) is 6.20. The largest absolute Gasteiger partial charge is 0.478 e. The van der Waals surface area contributed by atoms with Crippen molar-refractivity contribution < 1.29 is 14.7 Å². The van der Waals surface area contributed by atoms with Crippen LogP contribution in [0.5, 0.6) is 0 Å². The zero-order chi connectivity index (χ0) is 13.3. The molecule has 0 aromatic carbocycles. The molecule has 0 radical (unpaired) electrons. The fourth-order valence-corrected chi connectivity index (χ4v) is 1.57. The van der Waals surface area contributed by atoms with Gasteiger partial charge in [-0.15, -0.1) is 0 Å². The second kappa shape index (κ2) is 8.79. The van der Waals surface area contributed by atoms with E-state index in [0.29, 0.717) is 12.5 Å². The highest BCUT2D eigenvalue weighted by Crippen LogP contribution is 2.11. The molecule has 0 aliphatic heterocycles. The summed E-state index contributed by atoms with van der Waals surface area (Å²) in [4.78, 5) is 21.9. The van der Waals surface area contributed by atoms with Crippen molar-refractivity contribution in [2.24, 2.45) is 5.92 Å². The Hall–Kier alpha value is -1.32. The van der Waals surface area contributed by atoms with E-state index in [0.717, 1.165) is 25.3 Å². The van der Waals surface area contributed by atoms with Crippen molar-refractivity contribution in [3.8, 4) is 0 Å². The van der Waals surface area contributed by atoms with Crippen LogP contribution in [0.2, 0.25) is 0 Å².